The minimum atomic E-state index is 0.300. The number of nitrogens with two attached hydrogens (primary N) is 1. The maximum atomic E-state index is 6.05. The SMILES string of the molecule is CCCSc1nc(Cl)c(N)c(NCc2ccccc2)n1. The zero-order chi connectivity index (χ0) is 14.4. The summed E-state index contributed by atoms with van der Waals surface area (Å²) in [5.41, 5.74) is 7.46. The summed E-state index contributed by atoms with van der Waals surface area (Å²) in [7, 11) is 0. The van der Waals surface area contributed by atoms with Crippen LogP contribution in [0, 0.1) is 0 Å². The number of nitrogens with zero attached hydrogens (tertiary/aromatic N) is 2. The van der Waals surface area contributed by atoms with E-state index in [1.54, 1.807) is 11.8 Å². The van der Waals surface area contributed by atoms with E-state index in [1.807, 2.05) is 30.3 Å². The van der Waals surface area contributed by atoms with Crippen molar-refractivity contribution in [3.8, 4) is 0 Å². The molecule has 0 aliphatic carbocycles. The Kier molecular flexibility index (Phi) is 5.49. The molecule has 2 rings (SSSR count). The molecule has 106 valence electrons. The fourth-order valence-corrected chi connectivity index (χ4v) is 2.52. The van der Waals surface area contributed by atoms with Crippen LogP contribution in [0.25, 0.3) is 0 Å². The maximum absolute atomic E-state index is 6.05. The van der Waals surface area contributed by atoms with Crippen LogP contribution in [0.5, 0.6) is 0 Å². The summed E-state index contributed by atoms with van der Waals surface area (Å²) >= 11 is 7.63. The van der Waals surface area contributed by atoms with Crippen molar-refractivity contribution in [1.29, 1.82) is 0 Å². The molecule has 3 N–H and O–H groups in total. The summed E-state index contributed by atoms with van der Waals surface area (Å²) in [6, 6.07) is 10.1. The molecule has 0 spiro atoms. The zero-order valence-corrected chi connectivity index (χ0v) is 12.8. The quantitative estimate of drug-likeness (QED) is 0.482. The summed E-state index contributed by atoms with van der Waals surface area (Å²) in [5, 5.41) is 4.17. The van der Waals surface area contributed by atoms with E-state index in [2.05, 4.69) is 22.2 Å². The van der Waals surface area contributed by atoms with Gasteiger partial charge in [-0.25, -0.2) is 9.97 Å². The fraction of sp³-hybridized carbons (Fsp3) is 0.286. The third kappa shape index (κ3) is 4.02. The molecule has 0 fully saturated rings. The molecule has 20 heavy (non-hydrogen) atoms. The minimum absolute atomic E-state index is 0.300. The lowest BCUT2D eigenvalue weighted by atomic mass is 10.2. The van der Waals surface area contributed by atoms with Crippen molar-refractivity contribution in [2.45, 2.75) is 25.0 Å². The van der Waals surface area contributed by atoms with E-state index in [9.17, 15) is 0 Å². The number of halogens is 1. The van der Waals surface area contributed by atoms with Crippen molar-refractivity contribution in [2.24, 2.45) is 0 Å². The highest BCUT2D eigenvalue weighted by Gasteiger charge is 2.10. The van der Waals surface area contributed by atoms with Gasteiger partial charge in [-0.3, -0.25) is 0 Å². The van der Waals surface area contributed by atoms with Crippen LogP contribution in [0.4, 0.5) is 11.5 Å². The van der Waals surface area contributed by atoms with E-state index < -0.39 is 0 Å². The standard InChI is InChI=1S/C14H17ClN4S/c1-2-8-20-14-18-12(15)11(16)13(19-14)17-9-10-6-4-3-5-7-10/h3-7H,2,8-9,16H2,1H3,(H,17,18,19). The largest absolute Gasteiger partial charge is 0.393 e. The van der Waals surface area contributed by atoms with Gasteiger partial charge in [0.2, 0.25) is 0 Å². The first-order valence-electron chi connectivity index (χ1n) is 6.44. The lowest BCUT2D eigenvalue weighted by Gasteiger charge is -2.10. The van der Waals surface area contributed by atoms with Crippen molar-refractivity contribution < 1.29 is 0 Å². The Morgan fingerprint density at radius 2 is 2.00 bits per heavy atom. The van der Waals surface area contributed by atoms with Crippen LogP contribution in [0.1, 0.15) is 18.9 Å². The summed E-state index contributed by atoms with van der Waals surface area (Å²) in [6.07, 6.45) is 1.06. The van der Waals surface area contributed by atoms with Crippen LogP contribution in [-0.4, -0.2) is 15.7 Å². The predicted octanol–water partition coefficient (Wildman–Crippen LogP) is 3.83. The Balaban J connectivity index is 2.11. The second kappa shape index (κ2) is 7.36. The Bertz CT molecular complexity index is 563. The molecule has 0 saturated carbocycles. The van der Waals surface area contributed by atoms with Gasteiger partial charge in [-0.2, -0.15) is 0 Å². The Morgan fingerprint density at radius 3 is 2.70 bits per heavy atom. The van der Waals surface area contributed by atoms with Gasteiger partial charge >= 0.3 is 0 Å². The van der Waals surface area contributed by atoms with E-state index in [4.69, 9.17) is 17.3 Å². The molecule has 0 atom stereocenters. The first-order valence-corrected chi connectivity index (χ1v) is 7.80. The fourth-order valence-electron chi connectivity index (χ4n) is 1.60. The molecule has 0 aliphatic rings. The number of benzene rings is 1. The number of nitrogen functional groups attached to an aromatic ring is 1. The second-order valence-electron chi connectivity index (χ2n) is 4.25. The minimum Gasteiger partial charge on any atom is -0.393 e. The first kappa shape index (κ1) is 14.9. The van der Waals surface area contributed by atoms with Crippen molar-refractivity contribution in [2.75, 3.05) is 16.8 Å². The number of nitrogens with one attached hydrogen (secondary N) is 1. The summed E-state index contributed by atoms with van der Waals surface area (Å²) < 4.78 is 0. The molecule has 1 aromatic carbocycles. The number of rotatable bonds is 6. The Morgan fingerprint density at radius 1 is 1.25 bits per heavy atom. The molecule has 1 aromatic heterocycles. The molecule has 0 unspecified atom stereocenters. The Labute approximate surface area is 128 Å². The van der Waals surface area contributed by atoms with Gasteiger partial charge in [-0.15, -0.1) is 0 Å². The van der Waals surface area contributed by atoms with Gasteiger partial charge in [-0.05, 0) is 12.0 Å². The van der Waals surface area contributed by atoms with Gasteiger partial charge in [-0.1, -0.05) is 60.6 Å². The molecule has 6 heteroatoms. The highest BCUT2D eigenvalue weighted by molar-refractivity contribution is 7.99. The molecule has 1 heterocycles. The van der Waals surface area contributed by atoms with Gasteiger partial charge in [0.05, 0.1) is 0 Å². The van der Waals surface area contributed by atoms with Gasteiger partial charge in [0.25, 0.3) is 0 Å². The van der Waals surface area contributed by atoms with Crippen molar-refractivity contribution >= 4 is 34.9 Å². The molecule has 2 aromatic rings. The Hall–Kier alpha value is -1.46. The van der Waals surface area contributed by atoms with Crippen LogP contribution in [0.2, 0.25) is 5.15 Å². The second-order valence-corrected chi connectivity index (χ2v) is 5.67. The van der Waals surface area contributed by atoms with Crippen LogP contribution in [0.15, 0.2) is 35.5 Å². The molecule has 0 aliphatic heterocycles. The van der Waals surface area contributed by atoms with Gasteiger partial charge in [0.15, 0.2) is 16.1 Å². The lowest BCUT2D eigenvalue weighted by Crippen LogP contribution is -2.07. The normalized spacial score (nSPS) is 10.5. The van der Waals surface area contributed by atoms with Crippen LogP contribution in [0.3, 0.4) is 0 Å². The van der Waals surface area contributed by atoms with Gasteiger partial charge < -0.3 is 11.1 Å². The topological polar surface area (TPSA) is 63.8 Å². The first-order chi connectivity index (χ1) is 9.70. The smallest absolute Gasteiger partial charge is 0.191 e. The van der Waals surface area contributed by atoms with E-state index in [0.29, 0.717) is 28.4 Å². The highest BCUT2D eigenvalue weighted by atomic mass is 35.5. The maximum Gasteiger partial charge on any atom is 0.191 e. The van der Waals surface area contributed by atoms with Crippen LogP contribution < -0.4 is 11.1 Å². The molecule has 0 saturated heterocycles. The third-order valence-corrected chi connectivity index (χ3v) is 3.96. The van der Waals surface area contributed by atoms with E-state index in [1.165, 1.54) is 0 Å². The third-order valence-electron chi connectivity index (χ3n) is 2.62. The molecule has 0 radical (unpaired) electrons. The number of thioether (sulfide) groups is 1. The predicted molar refractivity (Wildman–Crippen MR) is 86.2 cm³/mol. The summed E-state index contributed by atoms with van der Waals surface area (Å²) in [6.45, 7) is 2.76. The molecular formula is C14H17ClN4S. The number of hydrogen-bond acceptors (Lipinski definition) is 5. The molecular weight excluding hydrogens is 292 g/mol. The van der Waals surface area contributed by atoms with Crippen molar-refractivity contribution in [3.05, 3.63) is 41.0 Å². The monoisotopic (exact) mass is 308 g/mol. The summed E-state index contributed by atoms with van der Waals surface area (Å²) in [4.78, 5) is 8.60. The van der Waals surface area contributed by atoms with Gasteiger partial charge in [0, 0.05) is 12.3 Å². The van der Waals surface area contributed by atoms with Crippen molar-refractivity contribution in [3.63, 3.8) is 0 Å². The average molecular weight is 309 g/mol. The van der Waals surface area contributed by atoms with E-state index >= 15 is 0 Å². The number of anilines is 2. The van der Waals surface area contributed by atoms with E-state index in [-0.39, 0.29) is 0 Å². The molecule has 0 amide bonds. The lowest BCUT2D eigenvalue weighted by molar-refractivity contribution is 0.953. The number of hydrogen-bond donors (Lipinski definition) is 2. The van der Waals surface area contributed by atoms with Crippen LogP contribution in [-0.2, 0) is 6.54 Å². The van der Waals surface area contributed by atoms with E-state index in [0.717, 1.165) is 17.7 Å². The molecule has 4 nitrogen and oxygen atoms in total. The average Bonchev–Trinajstić information content (AvgIpc) is 2.48. The highest BCUT2D eigenvalue weighted by Crippen LogP contribution is 2.27. The zero-order valence-electron chi connectivity index (χ0n) is 11.3. The summed E-state index contributed by atoms with van der Waals surface area (Å²) in [5.74, 6) is 1.55. The molecule has 0 bridgehead atoms. The van der Waals surface area contributed by atoms with Crippen molar-refractivity contribution in [1.82, 2.24) is 9.97 Å². The van der Waals surface area contributed by atoms with Gasteiger partial charge in [0.1, 0.15) is 5.69 Å². The number of aromatic nitrogens is 2. The van der Waals surface area contributed by atoms with Crippen LogP contribution >= 0.6 is 23.4 Å².